The van der Waals surface area contributed by atoms with Crippen LogP contribution in [0.3, 0.4) is 0 Å². The van der Waals surface area contributed by atoms with Crippen molar-refractivity contribution in [1.29, 1.82) is 0 Å². The maximum atomic E-state index is 12.8. The Balaban J connectivity index is 2.36. The Hall–Kier alpha value is -1.15. The molecule has 1 fully saturated rings. The average molecular weight is 245 g/mol. The molecule has 0 aliphatic carbocycles. The van der Waals surface area contributed by atoms with Gasteiger partial charge >= 0.3 is 0 Å². The average Bonchev–Trinajstić information content (AvgIpc) is 2.34. The van der Waals surface area contributed by atoms with Crippen LogP contribution in [0.25, 0.3) is 0 Å². The fraction of sp³-hybridized carbons (Fsp3) is 0.562. The van der Waals surface area contributed by atoms with Crippen LogP contribution in [0.15, 0.2) is 12.1 Å². The van der Waals surface area contributed by atoms with Gasteiger partial charge in [-0.1, -0.05) is 13.0 Å². The number of ketones is 1. The van der Waals surface area contributed by atoms with Gasteiger partial charge in [0.2, 0.25) is 0 Å². The van der Waals surface area contributed by atoms with Crippen molar-refractivity contribution in [2.45, 2.75) is 40.5 Å². The molecule has 98 valence electrons. The molecule has 0 bridgehead atoms. The number of aryl methyl sites for hydroxylation is 3. The normalized spacial score (nSPS) is 18.7. The molecule has 0 unspecified atom stereocenters. The van der Waals surface area contributed by atoms with E-state index >= 15 is 0 Å². The van der Waals surface area contributed by atoms with E-state index < -0.39 is 0 Å². The molecular formula is C16H23NO. The maximum Gasteiger partial charge on any atom is 0.169 e. The van der Waals surface area contributed by atoms with Crippen molar-refractivity contribution in [2.75, 3.05) is 13.1 Å². The third-order valence-corrected chi connectivity index (χ3v) is 4.34. The van der Waals surface area contributed by atoms with E-state index in [0.29, 0.717) is 5.78 Å². The number of hydrogen-bond donors (Lipinski definition) is 1. The Morgan fingerprint density at radius 2 is 1.61 bits per heavy atom. The number of nitrogens with one attached hydrogen (secondary N) is 1. The number of benzene rings is 1. The summed E-state index contributed by atoms with van der Waals surface area (Å²) in [6, 6.07) is 4.20. The minimum Gasteiger partial charge on any atom is -0.317 e. The first-order valence-electron chi connectivity index (χ1n) is 6.77. The van der Waals surface area contributed by atoms with Gasteiger partial charge in [0.1, 0.15) is 0 Å². The molecule has 0 radical (unpaired) electrons. The Morgan fingerprint density at radius 1 is 1.06 bits per heavy atom. The zero-order valence-corrected chi connectivity index (χ0v) is 11.9. The van der Waals surface area contributed by atoms with Gasteiger partial charge in [0.05, 0.1) is 0 Å². The summed E-state index contributed by atoms with van der Waals surface area (Å²) < 4.78 is 0. The highest BCUT2D eigenvalue weighted by molar-refractivity contribution is 6.01. The zero-order valence-electron chi connectivity index (χ0n) is 11.9. The van der Waals surface area contributed by atoms with E-state index in [2.05, 4.69) is 38.2 Å². The Bertz CT molecular complexity index is 470. The standard InChI is InChI=1S/C16H23NO/c1-11-9-13(3)14(10-12(11)2)15(18)16(4)5-7-17-8-6-16/h9-10,17H,5-8H2,1-4H3. The van der Waals surface area contributed by atoms with Crippen molar-refractivity contribution < 1.29 is 4.79 Å². The highest BCUT2D eigenvalue weighted by Gasteiger charge is 2.35. The molecular weight excluding hydrogens is 222 g/mol. The molecule has 1 aromatic carbocycles. The lowest BCUT2D eigenvalue weighted by molar-refractivity contribution is 0.0761. The lowest BCUT2D eigenvalue weighted by atomic mass is 9.74. The molecule has 0 amide bonds. The van der Waals surface area contributed by atoms with E-state index in [-0.39, 0.29) is 5.41 Å². The van der Waals surface area contributed by atoms with E-state index in [1.165, 1.54) is 11.1 Å². The van der Waals surface area contributed by atoms with Crippen molar-refractivity contribution in [3.63, 3.8) is 0 Å². The smallest absolute Gasteiger partial charge is 0.169 e. The second-order valence-corrected chi connectivity index (χ2v) is 5.89. The van der Waals surface area contributed by atoms with Crippen LogP contribution >= 0.6 is 0 Å². The van der Waals surface area contributed by atoms with Gasteiger partial charge in [-0.25, -0.2) is 0 Å². The minimum absolute atomic E-state index is 0.183. The highest BCUT2D eigenvalue weighted by atomic mass is 16.1. The Morgan fingerprint density at radius 3 is 2.22 bits per heavy atom. The first-order chi connectivity index (χ1) is 8.44. The predicted molar refractivity (Wildman–Crippen MR) is 75.2 cm³/mol. The van der Waals surface area contributed by atoms with Crippen molar-refractivity contribution in [1.82, 2.24) is 5.32 Å². The lowest BCUT2D eigenvalue weighted by Crippen LogP contribution is -2.40. The third kappa shape index (κ3) is 2.35. The van der Waals surface area contributed by atoms with Gasteiger partial charge in [-0.3, -0.25) is 4.79 Å². The number of carbonyl (C=O) groups is 1. The Labute approximate surface area is 110 Å². The molecule has 0 saturated carbocycles. The summed E-state index contributed by atoms with van der Waals surface area (Å²) in [6.07, 6.45) is 1.89. The first kappa shape index (κ1) is 13.3. The summed E-state index contributed by atoms with van der Waals surface area (Å²) in [5, 5.41) is 3.33. The fourth-order valence-corrected chi connectivity index (χ4v) is 2.74. The van der Waals surface area contributed by atoms with Crippen LogP contribution in [0, 0.1) is 26.2 Å². The second kappa shape index (κ2) is 4.85. The summed E-state index contributed by atoms with van der Waals surface area (Å²) in [6.45, 7) is 10.2. The van der Waals surface area contributed by atoms with Gasteiger partial charge < -0.3 is 5.32 Å². The predicted octanol–water partition coefficient (Wildman–Crippen LogP) is 3.18. The molecule has 1 N–H and O–H groups in total. The Kier molecular flexibility index (Phi) is 3.58. The van der Waals surface area contributed by atoms with Gasteiger partial charge in [-0.2, -0.15) is 0 Å². The molecule has 1 aliphatic rings. The number of carbonyl (C=O) groups excluding carboxylic acids is 1. The number of rotatable bonds is 2. The van der Waals surface area contributed by atoms with Crippen LogP contribution in [-0.4, -0.2) is 18.9 Å². The summed E-state index contributed by atoms with van der Waals surface area (Å²) in [5.41, 5.74) is 4.32. The summed E-state index contributed by atoms with van der Waals surface area (Å²) >= 11 is 0. The number of hydrogen-bond acceptors (Lipinski definition) is 2. The largest absolute Gasteiger partial charge is 0.317 e. The third-order valence-electron chi connectivity index (χ3n) is 4.34. The van der Waals surface area contributed by atoms with Crippen molar-refractivity contribution in [3.8, 4) is 0 Å². The van der Waals surface area contributed by atoms with Crippen LogP contribution in [0.5, 0.6) is 0 Å². The molecule has 18 heavy (non-hydrogen) atoms. The summed E-state index contributed by atoms with van der Waals surface area (Å²) in [4.78, 5) is 12.8. The van der Waals surface area contributed by atoms with E-state index in [1.54, 1.807) is 0 Å². The topological polar surface area (TPSA) is 29.1 Å². The second-order valence-electron chi connectivity index (χ2n) is 5.89. The van der Waals surface area contributed by atoms with E-state index in [0.717, 1.165) is 37.1 Å². The quantitative estimate of drug-likeness (QED) is 0.811. The highest BCUT2D eigenvalue weighted by Crippen LogP contribution is 2.33. The van der Waals surface area contributed by atoms with Crippen molar-refractivity contribution in [2.24, 2.45) is 5.41 Å². The minimum atomic E-state index is -0.183. The molecule has 0 spiro atoms. The molecule has 1 heterocycles. The van der Waals surface area contributed by atoms with Gasteiger partial charge in [-0.15, -0.1) is 0 Å². The summed E-state index contributed by atoms with van der Waals surface area (Å²) in [7, 11) is 0. The molecule has 0 atom stereocenters. The molecule has 2 heteroatoms. The number of Topliss-reactive ketones (excluding diaryl/α,β-unsaturated/α-hetero) is 1. The molecule has 1 aromatic rings. The van der Waals surface area contributed by atoms with Gasteiger partial charge in [0, 0.05) is 11.0 Å². The molecule has 1 saturated heterocycles. The summed E-state index contributed by atoms with van der Waals surface area (Å²) in [5.74, 6) is 0.324. The van der Waals surface area contributed by atoms with Gasteiger partial charge in [-0.05, 0) is 69.5 Å². The van der Waals surface area contributed by atoms with Crippen molar-refractivity contribution >= 4 is 5.78 Å². The van der Waals surface area contributed by atoms with E-state index in [1.807, 2.05) is 6.92 Å². The van der Waals surface area contributed by atoms with Gasteiger partial charge in [0.25, 0.3) is 0 Å². The van der Waals surface area contributed by atoms with Crippen LogP contribution in [0.1, 0.15) is 46.8 Å². The molecule has 2 nitrogen and oxygen atoms in total. The molecule has 0 aromatic heterocycles. The first-order valence-corrected chi connectivity index (χ1v) is 6.77. The van der Waals surface area contributed by atoms with E-state index in [4.69, 9.17) is 0 Å². The van der Waals surface area contributed by atoms with E-state index in [9.17, 15) is 4.79 Å². The monoisotopic (exact) mass is 245 g/mol. The van der Waals surface area contributed by atoms with Crippen LogP contribution < -0.4 is 5.32 Å². The number of piperidine rings is 1. The SMILES string of the molecule is Cc1cc(C)c(C(=O)C2(C)CCNCC2)cc1C. The maximum absolute atomic E-state index is 12.8. The zero-order chi connectivity index (χ0) is 13.3. The molecule has 2 rings (SSSR count). The van der Waals surface area contributed by atoms with Crippen LogP contribution in [0.4, 0.5) is 0 Å². The van der Waals surface area contributed by atoms with Crippen molar-refractivity contribution in [3.05, 3.63) is 34.4 Å². The fourth-order valence-electron chi connectivity index (χ4n) is 2.74. The van der Waals surface area contributed by atoms with Gasteiger partial charge in [0.15, 0.2) is 5.78 Å². The van der Waals surface area contributed by atoms with Crippen LogP contribution in [0.2, 0.25) is 0 Å². The lowest BCUT2D eigenvalue weighted by Gasteiger charge is -2.33. The van der Waals surface area contributed by atoms with Crippen LogP contribution in [-0.2, 0) is 0 Å². The molecule has 1 aliphatic heterocycles.